The Bertz CT molecular complexity index is 564. The molecule has 0 bridgehead atoms. The Labute approximate surface area is 138 Å². The van der Waals surface area contributed by atoms with E-state index in [9.17, 15) is 13.2 Å². The molecule has 0 spiro atoms. The average Bonchev–Trinajstić information content (AvgIpc) is 2.46. The average molecular weight is 347 g/mol. The summed E-state index contributed by atoms with van der Waals surface area (Å²) in [6.07, 6.45) is -2.52. The van der Waals surface area contributed by atoms with Gasteiger partial charge in [-0.3, -0.25) is 0 Å². The Morgan fingerprint density at radius 2 is 2.17 bits per heavy atom. The molecular formula is C14H20F3N5S. The van der Waals surface area contributed by atoms with Gasteiger partial charge in [0.25, 0.3) is 0 Å². The first kappa shape index (κ1) is 17.7. The van der Waals surface area contributed by atoms with Crippen molar-refractivity contribution in [3.05, 3.63) is 11.8 Å². The molecule has 0 aliphatic carbocycles. The minimum Gasteiger partial charge on any atom is -0.363 e. The van der Waals surface area contributed by atoms with Crippen molar-refractivity contribution in [1.82, 2.24) is 15.3 Å². The van der Waals surface area contributed by atoms with Gasteiger partial charge in [0.05, 0.1) is 0 Å². The minimum atomic E-state index is -4.53. The molecule has 2 rings (SSSR count). The second-order valence-electron chi connectivity index (χ2n) is 5.61. The highest BCUT2D eigenvalue weighted by atomic mass is 32.1. The number of rotatable bonds is 3. The number of thiocarbonyl (C=S) groups is 1. The van der Waals surface area contributed by atoms with Gasteiger partial charge in [0.1, 0.15) is 5.82 Å². The summed E-state index contributed by atoms with van der Waals surface area (Å²) in [6.45, 7) is 5.85. The van der Waals surface area contributed by atoms with E-state index >= 15 is 0 Å². The lowest BCUT2D eigenvalue weighted by Crippen LogP contribution is -2.35. The third-order valence-corrected chi connectivity index (χ3v) is 3.79. The third kappa shape index (κ3) is 4.92. The van der Waals surface area contributed by atoms with Crippen LogP contribution in [-0.2, 0) is 6.18 Å². The van der Waals surface area contributed by atoms with Gasteiger partial charge in [0, 0.05) is 25.7 Å². The normalized spacial score (nSPS) is 18.7. The molecule has 1 aliphatic rings. The fourth-order valence-corrected chi connectivity index (χ4v) is 2.74. The first-order valence-electron chi connectivity index (χ1n) is 7.55. The molecule has 9 heteroatoms. The SMILES string of the molecule is CCNC(=S)Nc1nc(N2CCCC(C)C2)cc(C(F)(F)F)n1. The molecule has 1 fully saturated rings. The molecule has 0 saturated carbocycles. The van der Waals surface area contributed by atoms with Crippen LogP contribution in [0.15, 0.2) is 6.07 Å². The van der Waals surface area contributed by atoms with Crippen molar-refractivity contribution in [2.45, 2.75) is 32.9 Å². The lowest BCUT2D eigenvalue weighted by atomic mass is 10.0. The zero-order chi connectivity index (χ0) is 17.0. The summed E-state index contributed by atoms with van der Waals surface area (Å²) in [4.78, 5) is 9.61. The molecule has 0 aromatic carbocycles. The van der Waals surface area contributed by atoms with Crippen molar-refractivity contribution in [2.75, 3.05) is 29.9 Å². The number of nitrogens with one attached hydrogen (secondary N) is 2. The van der Waals surface area contributed by atoms with E-state index < -0.39 is 11.9 Å². The summed E-state index contributed by atoms with van der Waals surface area (Å²) in [5, 5.41) is 5.62. The summed E-state index contributed by atoms with van der Waals surface area (Å²) in [5.41, 5.74) is -0.970. The summed E-state index contributed by atoms with van der Waals surface area (Å²) >= 11 is 4.99. The van der Waals surface area contributed by atoms with Gasteiger partial charge < -0.3 is 15.5 Å². The van der Waals surface area contributed by atoms with Crippen LogP contribution in [0.3, 0.4) is 0 Å². The van der Waals surface area contributed by atoms with Crippen molar-refractivity contribution in [1.29, 1.82) is 0 Å². The fourth-order valence-electron chi connectivity index (χ4n) is 2.50. The summed E-state index contributed by atoms with van der Waals surface area (Å²) in [7, 11) is 0. The van der Waals surface area contributed by atoms with E-state index in [0.717, 1.165) is 18.9 Å². The Hall–Kier alpha value is -1.64. The van der Waals surface area contributed by atoms with Crippen molar-refractivity contribution >= 4 is 29.1 Å². The number of aromatic nitrogens is 2. The second kappa shape index (κ2) is 7.29. The number of piperidine rings is 1. The first-order valence-corrected chi connectivity index (χ1v) is 7.96. The molecule has 1 aliphatic heterocycles. The van der Waals surface area contributed by atoms with E-state index in [4.69, 9.17) is 12.2 Å². The summed E-state index contributed by atoms with van der Waals surface area (Å²) in [5.74, 6) is 0.562. The van der Waals surface area contributed by atoms with Crippen molar-refractivity contribution in [3.8, 4) is 0 Å². The van der Waals surface area contributed by atoms with Gasteiger partial charge in [-0.2, -0.15) is 18.2 Å². The number of nitrogens with zero attached hydrogens (tertiary/aromatic N) is 3. The van der Waals surface area contributed by atoms with E-state index in [1.165, 1.54) is 0 Å². The molecule has 1 aromatic heterocycles. The number of hydrogen-bond acceptors (Lipinski definition) is 4. The standard InChI is InChI=1S/C14H20F3N5S/c1-3-18-13(23)21-12-19-10(14(15,16)17)7-11(20-12)22-6-4-5-9(2)8-22/h7,9H,3-6,8H2,1-2H3,(H2,18,19,20,21,23). The van der Waals surface area contributed by atoms with Crippen LogP contribution in [0.4, 0.5) is 24.9 Å². The Kier molecular flexibility index (Phi) is 5.61. The monoisotopic (exact) mass is 347 g/mol. The largest absolute Gasteiger partial charge is 0.433 e. The quantitative estimate of drug-likeness (QED) is 0.820. The second-order valence-corrected chi connectivity index (χ2v) is 6.02. The van der Waals surface area contributed by atoms with E-state index in [-0.39, 0.29) is 16.9 Å². The molecule has 1 atom stereocenters. The zero-order valence-corrected chi connectivity index (χ0v) is 13.9. The van der Waals surface area contributed by atoms with Crippen LogP contribution < -0.4 is 15.5 Å². The predicted molar refractivity (Wildman–Crippen MR) is 87.5 cm³/mol. The van der Waals surface area contributed by atoms with Crippen LogP contribution in [0.5, 0.6) is 0 Å². The highest BCUT2D eigenvalue weighted by Gasteiger charge is 2.34. The summed E-state index contributed by atoms with van der Waals surface area (Å²) < 4.78 is 39.3. The lowest BCUT2D eigenvalue weighted by Gasteiger charge is -2.32. The molecular weight excluding hydrogens is 327 g/mol. The van der Waals surface area contributed by atoms with Gasteiger partial charge in [-0.15, -0.1) is 0 Å². The third-order valence-electron chi connectivity index (χ3n) is 3.55. The fraction of sp³-hybridized carbons (Fsp3) is 0.643. The molecule has 5 nitrogen and oxygen atoms in total. The van der Waals surface area contributed by atoms with E-state index in [0.29, 0.717) is 25.6 Å². The smallest absolute Gasteiger partial charge is 0.363 e. The van der Waals surface area contributed by atoms with Crippen molar-refractivity contribution in [3.63, 3.8) is 0 Å². The number of alkyl halides is 3. The predicted octanol–water partition coefficient (Wildman–Crippen LogP) is 3.04. The van der Waals surface area contributed by atoms with E-state index in [1.54, 1.807) is 0 Å². The highest BCUT2D eigenvalue weighted by Crippen LogP contribution is 2.31. The zero-order valence-electron chi connectivity index (χ0n) is 13.1. The molecule has 0 radical (unpaired) electrons. The molecule has 23 heavy (non-hydrogen) atoms. The van der Waals surface area contributed by atoms with Crippen LogP contribution in [0.1, 0.15) is 32.4 Å². The number of hydrogen-bond donors (Lipinski definition) is 2. The Morgan fingerprint density at radius 1 is 1.43 bits per heavy atom. The van der Waals surface area contributed by atoms with Crippen LogP contribution in [0.2, 0.25) is 0 Å². The van der Waals surface area contributed by atoms with Gasteiger partial charge >= 0.3 is 6.18 Å². The Morgan fingerprint density at radius 3 is 2.78 bits per heavy atom. The van der Waals surface area contributed by atoms with Gasteiger partial charge in [-0.1, -0.05) is 6.92 Å². The molecule has 128 valence electrons. The van der Waals surface area contributed by atoms with E-state index in [1.807, 2.05) is 11.8 Å². The minimum absolute atomic E-state index is 0.140. The van der Waals surface area contributed by atoms with Crippen molar-refractivity contribution < 1.29 is 13.2 Å². The van der Waals surface area contributed by atoms with Crippen LogP contribution in [0.25, 0.3) is 0 Å². The molecule has 1 saturated heterocycles. The number of anilines is 2. The molecule has 1 unspecified atom stereocenters. The van der Waals surface area contributed by atoms with Crippen LogP contribution in [0, 0.1) is 5.92 Å². The highest BCUT2D eigenvalue weighted by molar-refractivity contribution is 7.80. The molecule has 1 aromatic rings. The molecule has 2 heterocycles. The van der Waals surface area contributed by atoms with Gasteiger partial charge in [-0.25, -0.2) is 4.98 Å². The van der Waals surface area contributed by atoms with Crippen molar-refractivity contribution in [2.24, 2.45) is 5.92 Å². The maximum Gasteiger partial charge on any atom is 0.433 e. The maximum absolute atomic E-state index is 13.1. The maximum atomic E-state index is 13.1. The Balaban J connectivity index is 2.31. The van der Waals surface area contributed by atoms with Crippen LogP contribution >= 0.6 is 12.2 Å². The molecule has 0 amide bonds. The van der Waals surface area contributed by atoms with Gasteiger partial charge in [0.2, 0.25) is 5.95 Å². The lowest BCUT2D eigenvalue weighted by molar-refractivity contribution is -0.141. The summed E-state index contributed by atoms with van der Waals surface area (Å²) in [6, 6.07) is 1.000. The van der Waals surface area contributed by atoms with Crippen LogP contribution in [-0.4, -0.2) is 34.7 Å². The number of halogens is 3. The topological polar surface area (TPSA) is 53.1 Å². The van der Waals surface area contributed by atoms with E-state index in [2.05, 4.69) is 27.5 Å². The van der Waals surface area contributed by atoms with Gasteiger partial charge in [-0.05, 0) is 37.9 Å². The molecule has 2 N–H and O–H groups in total. The van der Waals surface area contributed by atoms with Gasteiger partial charge in [0.15, 0.2) is 10.8 Å². The first-order chi connectivity index (χ1) is 10.8.